The molecule has 1 N–H and O–H groups in total. The molecule has 0 aliphatic heterocycles. The molecule has 1 rings (SSSR count). The van der Waals surface area contributed by atoms with Gasteiger partial charge in [0, 0.05) is 5.92 Å². The number of aliphatic hydroxyl groups excluding tert-OH is 1. The van der Waals surface area contributed by atoms with Crippen LogP contribution in [-0.2, 0) is 4.74 Å². The van der Waals surface area contributed by atoms with Crippen molar-refractivity contribution < 1.29 is 9.84 Å². The van der Waals surface area contributed by atoms with Crippen LogP contribution in [0, 0.1) is 11.8 Å². The van der Waals surface area contributed by atoms with Crippen molar-refractivity contribution in [3.63, 3.8) is 0 Å². The molecule has 1 saturated carbocycles. The van der Waals surface area contributed by atoms with Crippen LogP contribution in [-0.4, -0.2) is 17.0 Å². The quantitative estimate of drug-likeness (QED) is 0.730. The Morgan fingerprint density at radius 3 is 2.53 bits per heavy atom. The number of hydrogen-bond donors (Lipinski definition) is 1. The molecular weight excluding hydrogens is 188 g/mol. The summed E-state index contributed by atoms with van der Waals surface area (Å²) in [5.74, 6) is 1.14. The number of aliphatic hydroxyl groups is 1. The SMILES string of the molecule is CCC1CCCC(C(O)OC(C)(C)C)C1. The van der Waals surface area contributed by atoms with Crippen molar-refractivity contribution in [2.45, 2.75) is 71.7 Å². The third-order valence-electron chi connectivity index (χ3n) is 3.28. The van der Waals surface area contributed by atoms with Crippen LogP contribution in [0.4, 0.5) is 0 Å². The van der Waals surface area contributed by atoms with Gasteiger partial charge in [-0.25, -0.2) is 0 Å². The molecule has 3 unspecified atom stereocenters. The second-order valence-corrected chi connectivity index (χ2v) is 5.82. The maximum atomic E-state index is 10.0. The molecular formula is C13H26O2. The van der Waals surface area contributed by atoms with Gasteiger partial charge in [-0.2, -0.15) is 0 Å². The van der Waals surface area contributed by atoms with E-state index < -0.39 is 6.29 Å². The lowest BCUT2D eigenvalue weighted by Crippen LogP contribution is -2.35. The van der Waals surface area contributed by atoms with Crippen molar-refractivity contribution in [3.05, 3.63) is 0 Å². The highest BCUT2D eigenvalue weighted by Gasteiger charge is 2.29. The van der Waals surface area contributed by atoms with Gasteiger partial charge < -0.3 is 9.84 Å². The second kappa shape index (κ2) is 5.31. The molecule has 0 heterocycles. The van der Waals surface area contributed by atoms with E-state index in [0.29, 0.717) is 5.92 Å². The van der Waals surface area contributed by atoms with E-state index in [-0.39, 0.29) is 5.60 Å². The molecule has 0 saturated heterocycles. The Morgan fingerprint density at radius 1 is 1.33 bits per heavy atom. The number of ether oxygens (including phenoxy) is 1. The molecule has 1 aliphatic rings. The fourth-order valence-electron chi connectivity index (χ4n) is 2.42. The van der Waals surface area contributed by atoms with Crippen LogP contribution in [0.25, 0.3) is 0 Å². The molecule has 0 aromatic rings. The van der Waals surface area contributed by atoms with Gasteiger partial charge in [-0.1, -0.05) is 26.2 Å². The lowest BCUT2D eigenvalue weighted by Gasteiger charge is -2.34. The molecule has 0 aromatic carbocycles. The molecule has 0 spiro atoms. The van der Waals surface area contributed by atoms with Crippen molar-refractivity contribution in [2.75, 3.05) is 0 Å². The average molecular weight is 214 g/mol. The molecule has 15 heavy (non-hydrogen) atoms. The topological polar surface area (TPSA) is 29.5 Å². The maximum absolute atomic E-state index is 10.0. The van der Waals surface area contributed by atoms with Crippen LogP contribution in [0.2, 0.25) is 0 Å². The van der Waals surface area contributed by atoms with Crippen molar-refractivity contribution in [1.82, 2.24) is 0 Å². The summed E-state index contributed by atoms with van der Waals surface area (Å²) in [5, 5.41) is 10.0. The average Bonchev–Trinajstić information content (AvgIpc) is 2.15. The molecule has 90 valence electrons. The van der Waals surface area contributed by atoms with Gasteiger partial charge in [-0.05, 0) is 39.5 Å². The van der Waals surface area contributed by atoms with Crippen LogP contribution < -0.4 is 0 Å². The van der Waals surface area contributed by atoms with Gasteiger partial charge >= 0.3 is 0 Å². The number of hydrogen-bond acceptors (Lipinski definition) is 2. The summed E-state index contributed by atoms with van der Waals surface area (Å²) in [6.07, 6.45) is 5.49. The fourth-order valence-corrected chi connectivity index (χ4v) is 2.42. The summed E-state index contributed by atoms with van der Waals surface area (Å²) in [4.78, 5) is 0. The molecule has 1 fully saturated rings. The van der Waals surface area contributed by atoms with E-state index in [4.69, 9.17) is 4.74 Å². The highest BCUT2D eigenvalue weighted by molar-refractivity contribution is 4.75. The zero-order valence-corrected chi connectivity index (χ0v) is 10.6. The molecule has 0 aromatic heterocycles. The van der Waals surface area contributed by atoms with E-state index in [2.05, 4.69) is 6.92 Å². The van der Waals surface area contributed by atoms with Crippen molar-refractivity contribution in [3.8, 4) is 0 Å². The smallest absolute Gasteiger partial charge is 0.158 e. The highest BCUT2D eigenvalue weighted by atomic mass is 16.6. The molecule has 1 aliphatic carbocycles. The van der Waals surface area contributed by atoms with Gasteiger partial charge in [0.25, 0.3) is 0 Å². The largest absolute Gasteiger partial charge is 0.368 e. The maximum Gasteiger partial charge on any atom is 0.158 e. The minimum atomic E-state index is -0.570. The molecule has 3 atom stereocenters. The van der Waals surface area contributed by atoms with E-state index in [1.807, 2.05) is 20.8 Å². The summed E-state index contributed by atoms with van der Waals surface area (Å²) in [5.41, 5.74) is -0.238. The van der Waals surface area contributed by atoms with Gasteiger partial charge in [0.05, 0.1) is 5.60 Å². The Hall–Kier alpha value is -0.0800. The van der Waals surface area contributed by atoms with Crippen molar-refractivity contribution >= 4 is 0 Å². The summed E-state index contributed by atoms with van der Waals surface area (Å²) >= 11 is 0. The lowest BCUT2D eigenvalue weighted by atomic mass is 9.80. The highest BCUT2D eigenvalue weighted by Crippen LogP contribution is 2.34. The van der Waals surface area contributed by atoms with Gasteiger partial charge in [0.2, 0.25) is 0 Å². The molecule has 0 bridgehead atoms. The Bertz CT molecular complexity index is 183. The summed E-state index contributed by atoms with van der Waals surface area (Å²) in [7, 11) is 0. The predicted octanol–water partition coefficient (Wildman–Crippen LogP) is 3.34. The van der Waals surface area contributed by atoms with Gasteiger partial charge in [-0.3, -0.25) is 0 Å². The third kappa shape index (κ3) is 4.52. The molecule has 2 nitrogen and oxygen atoms in total. The van der Waals surface area contributed by atoms with E-state index >= 15 is 0 Å². The third-order valence-corrected chi connectivity index (χ3v) is 3.28. The Balaban J connectivity index is 2.41. The van der Waals surface area contributed by atoms with Gasteiger partial charge in [0.1, 0.15) is 0 Å². The predicted molar refractivity (Wildman–Crippen MR) is 62.6 cm³/mol. The van der Waals surface area contributed by atoms with Gasteiger partial charge in [0.15, 0.2) is 6.29 Å². The van der Waals surface area contributed by atoms with Crippen LogP contribution in [0.5, 0.6) is 0 Å². The van der Waals surface area contributed by atoms with Crippen molar-refractivity contribution in [1.29, 1.82) is 0 Å². The summed E-state index contributed by atoms with van der Waals surface area (Å²) < 4.78 is 5.63. The van der Waals surface area contributed by atoms with Crippen LogP contribution in [0.3, 0.4) is 0 Å². The van der Waals surface area contributed by atoms with E-state index in [1.165, 1.54) is 19.3 Å². The molecule has 2 heteroatoms. The minimum absolute atomic E-state index is 0.238. The van der Waals surface area contributed by atoms with Crippen LogP contribution >= 0.6 is 0 Å². The Labute approximate surface area is 94.0 Å². The first kappa shape index (κ1) is 13.0. The Morgan fingerprint density at radius 2 is 2.00 bits per heavy atom. The molecule has 0 amide bonds. The zero-order valence-electron chi connectivity index (χ0n) is 10.6. The second-order valence-electron chi connectivity index (χ2n) is 5.82. The first-order valence-corrected chi connectivity index (χ1v) is 6.28. The first-order chi connectivity index (χ1) is 6.92. The Kier molecular flexibility index (Phi) is 4.60. The van der Waals surface area contributed by atoms with Crippen molar-refractivity contribution in [2.24, 2.45) is 11.8 Å². The minimum Gasteiger partial charge on any atom is -0.368 e. The molecule has 0 radical (unpaired) electrons. The summed E-state index contributed by atoms with van der Waals surface area (Å²) in [6, 6.07) is 0. The summed E-state index contributed by atoms with van der Waals surface area (Å²) in [6.45, 7) is 8.23. The lowest BCUT2D eigenvalue weighted by molar-refractivity contribution is -0.198. The number of rotatable bonds is 3. The standard InChI is InChI=1S/C13H26O2/c1-5-10-7-6-8-11(9-10)12(14)15-13(2,3)4/h10-12,14H,5-9H2,1-4H3. The zero-order chi connectivity index (χ0) is 11.5. The van der Waals surface area contributed by atoms with Crippen LogP contribution in [0.15, 0.2) is 0 Å². The van der Waals surface area contributed by atoms with E-state index in [1.54, 1.807) is 0 Å². The first-order valence-electron chi connectivity index (χ1n) is 6.28. The van der Waals surface area contributed by atoms with E-state index in [0.717, 1.165) is 18.8 Å². The van der Waals surface area contributed by atoms with Crippen LogP contribution in [0.1, 0.15) is 59.8 Å². The fraction of sp³-hybridized carbons (Fsp3) is 1.00. The van der Waals surface area contributed by atoms with Gasteiger partial charge in [-0.15, -0.1) is 0 Å². The van der Waals surface area contributed by atoms with E-state index in [9.17, 15) is 5.11 Å². The normalized spacial score (nSPS) is 30.2. The monoisotopic (exact) mass is 214 g/mol.